The van der Waals surface area contributed by atoms with E-state index in [0.29, 0.717) is 23.6 Å². The molecule has 0 aliphatic heterocycles. The molecule has 2 heterocycles. The van der Waals surface area contributed by atoms with E-state index in [1.165, 1.54) is 14.2 Å². The van der Waals surface area contributed by atoms with Crippen LogP contribution in [0.2, 0.25) is 0 Å². The van der Waals surface area contributed by atoms with E-state index in [-0.39, 0.29) is 11.9 Å². The first kappa shape index (κ1) is 19.0. The molecule has 3 rings (SSSR count). The average molecular weight is 385 g/mol. The Balaban J connectivity index is 1.87. The molecule has 1 atom stereocenters. The van der Waals surface area contributed by atoms with Gasteiger partial charge < -0.3 is 14.8 Å². The normalized spacial score (nSPS) is 11.9. The summed E-state index contributed by atoms with van der Waals surface area (Å²) < 4.78 is 12.6. The standard InChI is InChI=1S/C20H23N3O3S/c1-13-11-14(2)23(22-13)15(18-9-6-10-27-18)12-21-20(24)19-16(25-3)7-5-8-17(19)26-4/h5-11,15H,12H2,1-4H3,(H,21,24). The van der Waals surface area contributed by atoms with E-state index in [4.69, 9.17) is 9.47 Å². The fraction of sp³-hybridized carbons (Fsp3) is 0.300. The van der Waals surface area contributed by atoms with Gasteiger partial charge in [-0.2, -0.15) is 5.10 Å². The molecule has 0 saturated carbocycles. The minimum Gasteiger partial charge on any atom is -0.496 e. The minimum atomic E-state index is -0.243. The molecule has 0 aliphatic rings. The molecular weight excluding hydrogens is 362 g/mol. The predicted molar refractivity (Wildman–Crippen MR) is 106 cm³/mol. The van der Waals surface area contributed by atoms with Crippen LogP contribution in [0.15, 0.2) is 41.8 Å². The van der Waals surface area contributed by atoms with Crippen molar-refractivity contribution in [3.8, 4) is 11.5 Å². The molecule has 7 heteroatoms. The maximum Gasteiger partial charge on any atom is 0.258 e. The van der Waals surface area contributed by atoms with Gasteiger partial charge in [-0.15, -0.1) is 11.3 Å². The summed E-state index contributed by atoms with van der Waals surface area (Å²) in [6, 6.07) is 11.3. The maximum atomic E-state index is 12.9. The van der Waals surface area contributed by atoms with E-state index in [1.807, 2.05) is 36.0 Å². The molecule has 0 spiro atoms. The molecule has 27 heavy (non-hydrogen) atoms. The average Bonchev–Trinajstić information content (AvgIpc) is 3.31. The zero-order chi connectivity index (χ0) is 19.4. The minimum absolute atomic E-state index is 0.0802. The Kier molecular flexibility index (Phi) is 5.81. The Morgan fingerprint density at radius 3 is 2.41 bits per heavy atom. The topological polar surface area (TPSA) is 65.4 Å². The number of amides is 1. The SMILES string of the molecule is COc1cccc(OC)c1C(=O)NCC(c1cccs1)n1nc(C)cc1C. The van der Waals surface area contributed by atoms with Crippen LogP contribution in [0.1, 0.15) is 32.7 Å². The number of nitrogens with zero attached hydrogens (tertiary/aromatic N) is 2. The van der Waals surface area contributed by atoms with E-state index in [2.05, 4.69) is 16.5 Å². The number of aryl methyl sites for hydroxylation is 2. The molecule has 1 N–H and O–H groups in total. The van der Waals surface area contributed by atoms with Crippen LogP contribution in [0, 0.1) is 13.8 Å². The number of thiophene rings is 1. The zero-order valence-electron chi connectivity index (χ0n) is 15.9. The Morgan fingerprint density at radius 1 is 1.19 bits per heavy atom. The van der Waals surface area contributed by atoms with Gasteiger partial charge in [0.15, 0.2) is 0 Å². The summed E-state index contributed by atoms with van der Waals surface area (Å²) in [5.41, 5.74) is 2.39. The van der Waals surface area contributed by atoms with Crippen molar-refractivity contribution in [2.45, 2.75) is 19.9 Å². The Labute approximate surface area is 162 Å². The lowest BCUT2D eigenvalue weighted by Crippen LogP contribution is -2.32. The maximum absolute atomic E-state index is 12.9. The highest BCUT2D eigenvalue weighted by Crippen LogP contribution is 2.29. The number of hydrogen-bond donors (Lipinski definition) is 1. The number of carbonyl (C=O) groups excluding carboxylic acids is 1. The number of rotatable bonds is 7. The summed E-state index contributed by atoms with van der Waals surface area (Å²) in [4.78, 5) is 14.0. The molecule has 2 aromatic heterocycles. The summed E-state index contributed by atoms with van der Waals surface area (Å²) in [5.74, 6) is 0.712. The van der Waals surface area contributed by atoms with Crippen LogP contribution >= 0.6 is 11.3 Å². The second kappa shape index (κ2) is 8.26. The molecule has 0 bridgehead atoms. The fourth-order valence-electron chi connectivity index (χ4n) is 3.10. The summed E-state index contributed by atoms with van der Waals surface area (Å²) in [5, 5.41) is 9.65. The summed E-state index contributed by atoms with van der Waals surface area (Å²) in [6.45, 7) is 4.39. The fourth-order valence-corrected chi connectivity index (χ4v) is 3.91. The van der Waals surface area contributed by atoms with Crippen LogP contribution < -0.4 is 14.8 Å². The van der Waals surface area contributed by atoms with Gasteiger partial charge in [0.25, 0.3) is 5.91 Å². The van der Waals surface area contributed by atoms with E-state index >= 15 is 0 Å². The number of carbonyl (C=O) groups is 1. The highest BCUT2D eigenvalue weighted by Gasteiger charge is 2.22. The van der Waals surface area contributed by atoms with Crippen LogP contribution in [0.4, 0.5) is 0 Å². The van der Waals surface area contributed by atoms with E-state index in [9.17, 15) is 4.79 Å². The molecule has 3 aromatic rings. The third kappa shape index (κ3) is 3.98. The van der Waals surface area contributed by atoms with Crippen molar-refractivity contribution in [3.05, 3.63) is 63.6 Å². The van der Waals surface area contributed by atoms with Crippen LogP contribution in [0.5, 0.6) is 11.5 Å². The van der Waals surface area contributed by atoms with Crippen LogP contribution in [0.3, 0.4) is 0 Å². The summed E-state index contributed by atoms with van der Waals surface area (Å²) in [7, 11) is 3.08. The molecule has 1 aromatic carbocycles. The van der Waals surface area contributed by atoms with Crippen molar-refractivity contribution in [1.29, 1.82) is 0 Å². The number of benzene rings is 1. The van der Waals surface area contributed by atoms with Crippen molar-refractivity contribution >= 4 is 17.2 Å². The van der Waals surface area contributed by atoms with Gasteiger partial charge in [-0.05, 0) is 43.5 Å². The smallest absolute Gasteiger partial charge is 0.258 e. The van der Waals surface area contributed by atoms with Gasteiger partial charge in [0.1, 0.15) is 23.1 Å². The monoisotopic (exact) mass is 385 g/mol. The molecule has 0 aliphatic carbocycles. The van der Waals surface area contributed by atoms with Crippen LogP contribution in [-0.2, 0) is 0 Å². The molecular formula is C20H23N3O3S. The highest BCUT2D eigenvalue weighted by atomic mass is 32.1. The van der Waals surface area contributed by atoms with Crippen molar-refractivity contribution in [2.24, 2.45) is 0 Å². The highest BCUT2D eigenvalue weighted by molar-refractivity contribution is 7.10. The summed E-state index contributed by atoms with van der Waals surface area (Å²) in [6.07, 6.45) is 0. The Hall–Kier alpha value is -2.80. The number of methoxy groups -OCH3 is 2. The second-order valence-corrected chi connectivity index (χ2v) is 7.13. The third-order valence-electron chi connectivity index (χ3n) is 4.32. The van der Waals surface area contributed by atoms with Gasteiger partial charge in [-0.3, -0.25) is 9.48 Å². The first-order valence-corrected chi connectivity index (χ1v) is 9.48. The molecule has 0 saturated heterocycles. The zero-order valence-corrected chi connectivity index (χ0v) is 16.7. The number of nitrogens with one attached hydrogen (secondary N) is 1. The molecule has 6 nitrogen and oxygen atoms in total. The van der Waals surface area contributed by atoms with Gasteiger partial charge in [0.2, 0.25) is 0 Å². The number of ether oxygens (including phenoxy) is 2. The number of aromatic nitrogens is 2. The molecule has 0 radical (unpaired) electrons. The largest absolute Gasteiger partial charge is 0.496 e. The second-order valence-electron chi connectivity index (χ2n) is 6.15. The van der Waals surface area contributed by atoms with Crippen LogP contribution in [-0.4, -0.2) is 36.5 Å². The molecule has 1 unspecified atom stereocenters. The van der Waals surface area contributed by atoms with Crippen molar-refractivity contribution in [2.75, 3.05) is 20.8 Å². The van der Waals surface area contributed by atoms with Gasteiger partial charge >= 0.3 is 0 Å². The van der Waals surface area contributed by atoms with Gasteiger partial charge in [0.05, 0.1) is 19.9 Å². The molecule has 0 fully saturated rings. The molecule has 142 valence electrons. The summed E-state index contributed by atoms with van der Waals surface area (Å²) >= 11 is 1.65. The molecule has 1 amide bonds. The van der Waals surface area contributed by atoms with Gasteiger partial charge in [-0.25, -0.2) is 0 Å². The quantitative estimate of drug-likeness (QED) is 0.675. The first-order valence-electron chi connectivity index (χ1n) is 8.60. The van der Waals surface area contributed by atoms with Gasteiger partial charge in [0, 0.05) is 17.1 Å². The van der Waals surface area contributed by atoms with Gasteiger partial charge in [-0.1, -0.05) is 12.1 Å². The van der Waals surface area contributed by atoms with Crippen molar-refractivity contribution in [1.82, 2.24) is 15.1 Å². The lowest BCUT2D eigenvalue weighted by molar-refractivity contribution is 0.0943. The van der Waals surface area contributed by atoms with Crippen molar-refractivity contribution in [3.63, 3.8) is 0 Å². The predicted octanol–water partition coefficient (Wildman–Crippen LogP) is 3.60. The Bertz CT molecular complexity index is 896. The number of hydrogen-bond acceptors (Lipinski definition) is 5. The lowest BCUT2D eigenvalue weighted by Gasteiger charge is -2.20. The van der Waals surface area contributed by atoms with E-state index in [0.717, 1.165) is 16.3 Å². The first-order chi connectivity index (χ1) is 13.0. The lowest BCUT2D eigenvalue weighted by atomic mass is 10.1. The van der Waals surface area contributed by atoms with Crippen LogP contribution in [0.25, 0.3) is 0 Å². The van der Waals surface area contributed by atoms with Crippen molar-refractivity contribution < 1.29 is 14.3 Å². The van der Waals surface area contributed by atoms with E-state index in [1.54, 1.807) is 29.5 Å². The Morgan fingerprint density at radius 2 is 1.89 bits per heavy atom. The third-order valence-corrected chi connectivity index (χ3v) is 5.30. The van der Waals surface area contributed by atoms with E-state index < -0.39 is 0 Å².